The van der Waals surface area contributed by atoms with E-state index in [1.54, 1.807) is 6.07 Å². The Balaban J connectivity index is 2.68. The highest BCUT2D eigenvalue weighted by Crippen LogP contribution is 2.11. The fourth-order valence-electron chi connectivity index (χ4n) is 0.785. The van der Waals surface area contributed by atoms with Crippen LogP contribution in [0.15, 0.2) is 29.4 Å². The standard InChI is InChI=1S/C8H8FN3O/c1-10-12-8(13)11-7-5-3-2-4-6(7)9/h2-5H,1H2,(H2,11,12,13). The Morgan fingerprint density at radius 3 is 2.77 bits per heavy atom. The molecule has 0 aromatic heterocycles. The van der Waals surface area contributed by atoms with Crippen molar-refractivity contribution in [3.05, 3.63) is 30.1 Å². The summed E-state index contributed by atoms with van der Waals surface area (Å²) in [6, 6.07) is 5.21. The molecule has 0 bridgehead atoms. The van der Waals surface area contributed by atoms with Crippen molar-refractivity contribution in [2.24, 2.45) is 5.10 Å². The van der Waals surface area contributed by atoms with Gasteiger partial charge in [-0.2, -0.15) is 5.10 Å². The number of halogens is 1. The lowest BCUT2D eigenvalue weighted by Crippen LogP contribution is -2.24. The zero-order chi connectivity index (χ0) is 9.68. The predicted octanol–water partition coefficient (Wildman–Crippen LogP) is 1.56. The number of hydrogen-bond donors (Lipinski definition) is 2. The minimum absolute atomic E-state index is 0.101. The number of rotatable bonds is 2. The maximum Gasteiger partial charge on any atom is 0.339 e. The van der Waals surface area contributed by atoms with E-state index < -0.39 is 11.8 Å². The molecule has 0 radical (unpaired) electrons. The van der Waals surface area contributed by atoms with E-state index in [0.29, 0.717) is 0 Å². The normalized spacial score (nSPS) is 9.00. The minimum atomic E-state index is -0.625. The van der Waals surface area contributed by atoms with Crippen LogP contribution >= 0.6 is 0 Å². The van der Waals surface area contributed by atoms with Gasteiger partial charge >= 0.3 is 6.03 Å². The summed E-state index contributed by atoms with van der Waals surface area (Å²) in [4.78, 5) is 10.8. The molecule has 5 heteroatoms. The number of amides is 2. The van der Waals surface area contributed by atoms with E-state index in [0.717, 1.165) is 0 Å². The second kappa shape index (κ2) is 4.20. The van der Waals surface area contributed by atoms with Gasteiger partial charge in [0.25, 0.3) is 0 Å². The Bertz CT molecular complexity index is 327. The lowest BCUT2D eigenvalue weighted by Gasteiger charge is -2.03. The summed E-state index contributed by atoms with van der Waals surface area (Å²) in [5.41, 5.74) is 2.12. The molecular weight excluding hydrogens is 173 g/mol. The van der Waals surface area contributed by atoms with Crippen LogP contribution < -0.4 is 10.7 Å². The van der Waals surface area contributed by atoms with Gasteiger partial charge in [0, 0.05) is 6.72 Å². The largest absolute Gasteiger partial charge is 0.339 e. The van der Waals surface area contributed by atoms with Crippen molar-refractivity contribution < 1.29 is 9.18 Å². The monoisotopic (exact) mass is 181 g/mol. The van der Waals surface area contributed by atoms with Crippen LogP contribution in [0.25, 0.3) is 0 Å². The van der Waals surface area contributed by atoms with E-state index in [-0.39, 0.29) is 5.69 Å². The second-order valence-corrected chi connectivity index (χ2v) is 2.20. The average molecular weight is 181 g/mol. The first-order valence-electron chi connectivity index (χ1n) is 3.51. The van der Waals surface area contributed by atoms with E-state index in [9.17, 15) is 9.18 Å². The van der Waals surface area contributed by atoms with Gasteiger partial charge in [-0.1, -0.05) is 12.1 Å². The minimum Gasteiger partial charge on any atom is -0.304 e. The van der Waals surface area contributed by atoms with Gasteiger partial charge in [-0.25, -0.2) is 14.6 Å². The molecular formula is C8H8FN3O. The highest BCUT2D eigenvalue weighted by Gasteiger charge is 2.03. The molecule has 0 fully saturated rings. The molecule has 2 amide bonds. The van der Waals surface area contributed by atoms with Gasteiger partial charge in [0.15, 0.2) is 0 Å². The maximum absolute atomic E-state index is 12.9. The van der Waals surface area contributed by atoms with Crippen LogP contribution in [-0.2, 0) is 0 Å². The van der Waals surface area contributed by atoms with Gasteiger partial charge in [0.2, 0.25) is 0 Å². The number of benzene rings is 1. The summed E-state index contributed by atoms with van der Waals surface area (Å²) < 4.78 is 12.9. The number of hydrogen-bond acceptors (Lipinski definition) is 2. The van der Waals surface area contributed by atoms with Crippen LogP contribution in [0.1, 0.15) is 0 Å². The molecule has 13 heavy (non-hydrogen) atoms. The van der Waals surface area contributed by atoms with Gasteiger partial charge < -0.3 is 5.32 Å². The zero-order valence-electron chi connectivity index (χ0n) is 6.75. The van der Waals surface area contributed by atoms with Gasteiger partial charge in [0.05, 0.1) is 5.69 Å². The molecule has 0 unspecified atom stereocenters. The Kier molecular flexibility index (Phi) is 2.97. The van der Waals surface area contributed by atoms with Crippen molar-refractivity contribution in [1.82, 2.24) is 5.43 Å². The molecule has 1 aromatic carbocycles. The molecule has 2 N–H and O–H groups in total. The summed E-state index contributed by atoms with van der Waals surface area (Å²) in [7, 11) is 0. The molecule has 0 aliphatic carbocycles. The van der Waals surface area contributed by atoms with Crippen molar-refractivity contribution in [3.63, 3.8) is 0 Å². The molecule has 0 spiro atoms. The number of nitrogens with zero attached hydrogens (tertiary/aromatic N) is 1. The maximum atomic E-state index is 12.9. The van der Waals surface area contributed by atoms with Crippen molar-refractivity contribution >= 4 is 18.4 Å². The molecule has 1 aromatic rings. The van der Waals surface area contributed by atoms with Gasteiger partial charge in [0.1, 0.15) is 5.82 Å². The fourth-order valence-corrected chi connectivity index (χ4v) is 0.785. The fraction of sp³-hybridized carbons (Fsp3) is 0. The smallest absolute Gasteiger partial charge is 0.304 e. The van der Waals surface area contributed by atoms with Gasteiger partial charge in [-0.3, -0.25) is 0 Å². The number of carbonyl (C=O) groups excluding carboxylic acids is 1. The second-order valence-electron chi connectivity index (χ2n) is 2.20. The lowest BCUT2D eigenvalue weighted by molar-refractivity contribution is 0.252. The molecule has 0 aliphatic heterocycles. The number of para-hydroxylation sites is 1. The van der Waals surface area contributed by atoms with E-state index in [4.69, 9.17) is 0 Å². The SMILES string of the molecule is C=NNC(=O)Nc1ccccc1F. The predicted molar refractivity (Wildman–Crippen MR) is 48.1 cm³/mol. The summed E-state index contributed by atoms with van der Waals surface area (Å²) in [6.45, 7) is 3.05. The van der Waals surface area contributed by atoms with Gasteiger partial charge in [-0.05, 0) is 12.1 Å². The average Bonchev–Trinajstić information content (AvgIpc) is 2.09. The lowest BCUT2D eigenvalue weighted by atomic mass is 10.3. The highest BCUT2D eigenvalue weighted by molar-refractivity contribution is 5.89. The third kappa shape index (κ3) is 2.55. The first-order valence-corrected chi connectivity index (χ1v) is 3.51. The Morgan fingerprint density at radius 2 is 2.15 bits per heavy atom. The third-order valence-electron chi connectivity index (χ3n) is 1.30. The van der Waals surface area contributed by atoms with E-state index in [1.807, 2.05) is 5.43 Å². The molecule has 4 nitrogen and oxygen atoms in total. The third-order valence-corrected chi connectivity index (χ3v) is 1.30. The van der Waals surface area contributed by atoms with E-state index >= 15 is 0 Å². The Hall–Kier alpha value is -1.91. The van der Waals surface area contributed by atoms with Crippen LogP contribution in [0.5, 0.6) is 0 Å². The number of hydrazone groups is 1. The number of nitrogens with one attached hydrogen (secondary N) is 2. The van der Waals surface area contributed by atoms with E-state index in [2.05, 4.69) is 17.1 Å². The number of carbonyl (C=O) groups is 1. The number of anilines is 1. The Labute approximate surface area is 74.5 Å². The van der Waals surface area contributed by atoms with Crippen LogP contribution in [0, 0.1) is 5.82 Å². The highest BCUT2D eigenvalue weighted by atomic mass is 19.1. The van der Waals surface area contributed by atoms with Crippen LogP contribution in [-0.4, -0.2) is 12.7 Å². The summed E-state index contributed by atoms with van der Waals surface area (Å²) >= 11 is 0. The first kappa shape index (κ1) is 9.18. The van der Waals surface area contributed by atoms with Crippen molar-refractivity contribution in [2.75, 3.05) is 5.32 Å². The molecule has 68 valence electrons. The summed E-state index contributed by atoms with van der Waals surface area (Å²) in [5, 5.41) is 5.38. The molecule has 1 rings (SSSR count). The molecule has 0 atom stereocenters. The Morgan fingerprint density at radius 1 is 1.46 bits per heavy atom. The molecule has 0 heterocycles. The van der Waals surface area contributed by atoms with E-state index in [1.165, 1.54) is 18.2 Å². The molecule has 0 saturated heterocycles. The van der Waals surface area contributed by atoms with Crippen LogP contribution in [0.3, 0.4) is 0 Å². The summed E-state index contributed by atoms with van der Waals surface area (Å²) in [5.74, 6) is -0.498. The first-order chi connectivity index (χ1) is 6.24. The van der Waals surface area contributed by atoms with Gasteiger partial charge in [-0.15, -0.1) is 0 Å². The molecule has 0 aliphatic rings. The topological polar surface area (TPSA) is 53.5 Å². The summed E-state index contributed by atoms with van der Waals surface area (Å²) in [6.07, 6.45) is 0. The van der Waals surface area contributed by atoms with Crippen molar-refractivity contribution in [3.8, 4) is 0 Å². The van der Waals surface area contributed by atoms with Crippen LogP contribution in [0.2, 0.25) is 0 Å². The van der Waals surface area contributed by atoms with Crippen molar-refractivity contribution in [2.45, 2.75) is 0 Å². The zero-order valence-corrected chi connectivity index (χ0v) is 6.75. The molecule has 0 saturated carbocycles. The van der Waals surface area contributed by atoms with Crippen LogP contribution in [0.4, 0.5) is 14.9 Å². The number of urea groups is 1. The van der Waals surface area contributed by atoms with Crippen molar-refractivity contribution in [1.29, 1.82) is 0 Å². The quantitative estimate of drug-likeness (QED) is 0.528.